The predicted molar refractivity (Wildman–Crippen MR) is 83.8 cm³/mol. The Morgan fingerprint density at radius 1 is 1.33 bits per heavy atom. The van der Waals surface area contributed by atoms with Crippen molar-refractivity contribution in [3.05, 3.63) is 48.3 Å². The van der Waals surface area contributed by atoms with Crippen molar-refractivity contribution in [1.82, 2.24) is 9.78 Å². The van der Waals surface area contributed by atoms with Crippen molar-refractivity contribution in [2.24, 2.45) is 11.7 Å². The second kappa shape index (κ2) is 7.04. The first-order valence-electron chi connectivity index (χ1n) is 7.18. The maximum atomic E-state index is 12.1. The highest BCUT2D eigenvalue weighted by Gasteiger charge is 2.16. The van der Waals surface area contributed by atoms with Gasteiger partial charge in [-0.15, -0.1) is 0 Å². The van der Waals surface area contributed by atoms with E-state index >= 15 is 0 Å². The lowest BCUT2D eigenvalue weighted by molar-refractivity contribution is -0.117. The Morgan fingerprint density at radius 3 is 2.76 bits per heavy atom. The highest BCUT2D eigenvalue weighted by molar-refractivity contribution is 5.95. The van der Waals surface area contributed by atoms with Crippen LogP contribution >= 0.6 is 0 Å². The minimum atomic E-state index is -0.484. The van der Waals surface area contributed by atoms with E-state index in [9.17, 15) is 4.79 Å². The van der Waals surface area contributed by atoms with Gasteiger partial charge < -0.3 is 11.1 Å². The molecule has 3 N–H and O–H groups in total. The van der Waals surface area contributed by atoms with Crippen molar-refractivity contribution < 1.29 is 4.79 Å². The van der Waals surface area contributed by atoms with E-state index in [0.29, 0.717) is 18.9 Å². The van der Waals surface area contributed by atoms with Gasteiger partial charge in [-0.2, -0.15) is 5.10 Å². The standard InChI is InChI=1S/C16H22N4O/c1-12(2)10-14(17)16(21)19-15-7-4-3-6-13(15)11-20-9-5-8-18-20/h3-9,12,14H,10-11,17H2,1-2H3,(H,19,21)/t14-/m0/s1. The maximum Gasteiger partial charge on any atom is 0.241 e. The van der Waals surface area contributed by atoms with Crippen molar-refractivity contribution in [3.63, 3.8) is 0 Å². The van der Waals surface area contributed by atoms with Crippen LogP contribution < -0.4 is 11.1 Å². The molecule has 2 aromatic rings. The molecule has 1 amide bonds. The van der Waals surface area contributed by atoms with Gasteiger partial charge in [-0.25, -0.2) is 0 Å². The van der Waals surface area contributed by atoms with Gasteiger partial charge in [0.15, 0.2) is 0 Å². The van der Waals surface area contributed by atoms with Crippen molar-refractivity contribution in [3.8, 4) is 0 Å². The van der Waals surface area contributed by atoms with E-state index in [2.05, 4.69) is 24.3 Å². The van der Waals surface area contributed by atoms with Crippen LogP contribution in [0, 0.1) is 5.92 Å². The van der Waals surface area contributed by atoms with Crippen LogP contribution in [0.3, 0.4) is 0 Å². The normalized spacial score (nSPS) is 12.4. The van der Waals surface area contributed by atoms with Crippen LogP contribution in [0.25, 0.3) is 0 Å². The number of nitrogens with one attached hydrogen (secondary N) is 1. The van der Waals surface area contributed by atoms with Crippen LogP contribution in [0.5, 0.6) is 0 Å². The van der Waals surface area contributed by atoms with E-state index in [0.717, 1.165) is 11.3 Å². The number of anilines is 1. The number of nitrogens with zero attached hydrogens (tertiary/aromatic N) is 2. The summed E-state index contributed by atoms with van der Waals surface area (Å²) < 4.78 is 1.82. The molecule has 1 heterocycles. The number of carbonyl (C=O) groups is 1. The molecule has 21 heavy (non-hydrogen) atoms. The zero-order valence-electron chi connectivity index (χ0n) is 12.5. The molecule has 5 nitrogen and oxygen atoms in total. The van der Waals surface area contributed by atoms with Crippen LogP contribution in [-0.4, -0.2) is 21.7 Å². The highest BCUT2D eigenvalue weighted by atomic mass is 16.2. The Balaban J connectivity index is 2.07. The van der Waals surface area contributed by atoms with Crippen LogP contribution in [0.4, 0.5) is 5.69 Å². The molecule has 0 saturated carbocycles. The third-order valence-electron chi connectivity index (χ3n) is 3.23. The van der Waals surface area contributed by atoms with E-state index in [-0.39, 0.29) is 5.91 Å². The number of aromatic nitrogens is 2. The first-order chi connectivity index (χ1) is 10.1. The molecule has 0 saturated heterocycles. The molecule has 0 unspecified atom stereocenters. The summed E-state index contributed by atoms with van der Waals surface area (Å²) >= 11 is 0. The molecule has 0 bridgehead atoms. The quantitative estimate of drug-likeness (QED) is 0.855. The van der Waals surface area contributed by atoms with Gasteiger partial charge in [0.05, 0.1) is 12.6 Å². The third-order valence-corrected chi connectivity index (χ3v) is 3.23. The minimum Gasteiger partial charge on any atom is -0.324 e. The maximum absolute atomic E-state index is 12.1. The molecule has 1 aromatic heterocycles. The fraction of sp³-hybridized carbons (Fsp3) is 0.375. The van der Waals surface area contributed by atoms with E-state index in [1.165, 1.54) is 0 Å². The molecule has 1 atom stereocenters. The Morgan fingerprint density at radius 2 is 2.10 bits per heavy atom. The summed E-state index contributed by atoms with van der Waals surface area (Å²) in [5.41, 5.74) is 7.72. The topological polar surface area (TPSA) is 72.9 Å². The summed E-state index contributed by atoms with van der Waals surface area (Å²) in [5.74, 6) is 0.252. The number of rotatable bonds is 6. The molecule has 0 aliphatic heterocycles. The SMILES string of the molecule is CC(C)C[C@H](N)C(=O)Nc1ccccc1Cn1cccn1. The molecule has 0 spiro atoms. The molecule has 0 aliphatic rings. The highest BCUT2D eigenvalue weighted by Crippen LogP contribution is 2.17. The minimum absolute atomic E-state index is 0.142. The van der Waals surface area contributed by atoms with Gasteiger partial charge in [-0.1, -0.05) is 32.0 Å². The number of hydrogen-bond donors (Lipinski definition) is 2. The Hall–Kier alpha value is -2.14. The number of hydrogen-bond acceptors (Lipinski definition) is 3. The first-order valence-corrected chi connectivity index (χ1v) is 7.18. The largest absolute Gasteiger partial charge is 0.324 e. The molecular formula is C16H22N4O. The molecular weight excluding hydrogens is 264 g/mol. The lowest BCUT2D eigenvalue weighted by Crippen LogP contribution is -2.36. The van der Waals surface area contributed by atoms with Gasteiger partial charge in [0.25, 0.3) is 0 Å². The Bertz CT molecular complexity index is 578. The average Bonchev–Trinajstić information content (AvgIpc) is 2.93. The van der Waals surface area contributed by atoms with Gasteiger partial charge in [0.1, 0.15) is 0 Å². The summed E-state index contributed by atoms with van der Waals surface area (Å²) in [7, 11) is 0. The van der Waals surface area contributed by atoms with E-state index in [4.69, 9.17) is 5.73 Å². The van der Waals surface area contributed by atoms with Crippen LogP contribution in [0.1, 0.15) is 25.8 Å². The summed E-state index contributed by atoms with van der Waals surface area (Å²) in [6.45, 7) is 4.72. The average molecular weight is 286 g/mol. The smallest absolute Gasteiger partial charge is 0.241 e. The van der Waals surface area contributed by atoms with Crippen molar-refractivity contribution in [1.29, 1.82) is 0 Å². The number of amides is 1. The molecule has 1 aromatic carbocycles. The molecule has 0 aliphatic carbocycles. The van der Waals surface area contributed by atoms with Crippen molar-refractivity contribution in [2.45, 2.75) is 32.9 Å². The molecule has 112 valence electrons. The number of nitrogens with two attached hydrogens (primary N) is 1. The molecule has 0 radical (unpaired) electrons. The summed E-state index contributed by atoms with van der Waals surface area (Å²) in [6, 6.07) is 9.10. The van der Waals surface area contributed by atoms with Crippen LogP contribution in [0.2, 0.25) is 0 Å². The molecule has 0 fully saturated rings. The van der Waals surface area contributed by atoms with E-state index in [1.54, 1.807) is 6.20 Å². The number of carbonyl (C=O) groups excluding carboxylic acids is 1. The van der Waals surface area contributed by atoms with Gasteiger partial charge in [-0.05, 0) is 30.0 Å². The zero-order chi connectivity index (χ0) is 15.2. The van der Waals surface area contributed by atoms with Crippen molar-refractivity contribution >= 4 is 11.6 Å². The van der Waals surface area contributed by atoms with E-state index in [1.807, 2.05) is 41.2 Å². The summed E-state index contributed by atoms with van der Waals surface area (Å²) in [6.07, 6.45) is 4.30. The van der Waals surface area contributed by atoms with Crippen molar-refractivity contribution in [2.75, 3.05) is 5.32 Å². The number of para-hydroxylation sites is 1. The van der Waals surface area contributed by atoms with Gasteiger partial charge in [0.2, 0.25) is 5.91 Å². The zero-order valence-corrected chi connectivity index (χ0v) is 12.5. The monoisotopic (exact) mass is 286 g/mol. The predicted octanol–water partition coefficient (Wildman–Crippen LogP) is 2.24. The summed E-state index contributed by atoms with van der Waals surface area (Å²) in [5, 5.41) is 7.11. The lowest BCUT2D eigenvalue weighted by Gasteiger charge is -2.16. The Kier molecular flexibility index (Phi) is 5.11. The summed E-state index contributed by atoms with van der Waals surface area (Å²) in [4.78, 5) is 12.1. The van der Waals surface area contributed by atoms with Crippen LogP contribution in [-0.2, 0) is 11.3 Å². The number of benzene rings is 1. The van der Waals surface area contributed by atoms with E-state index < -0.39 is 6.04 Å². The van der Waals surface area contributed by atoms with Crippen LogP contribution in [0.15, 0.2) is 42.7 Å². The molecule has 5 heteroatoms. The van der Waals surface area contributed by atoms with Gasteiger partial charge in [-0.3, -0.25) is 9.48 Å². The molecule has 2 rings (SSSR count). The van der Waals surface area contributed by atoms with Gasteiger partial charge in [0, 0.05) is 18.1 Å². The van der Waals surface area contributed by atoms with Gasteiger partial charge >= 0.3 is 0 Å². The second-order valence-corrected chi connectivity index (χ2v) is 5.59. The third kappa shape index (κ3) is 4.43. The second-order valence-electron chi connectivity index (χ2n) is 5.59. The lowest BCUT2D eigenvalue weighted by atomic mass is 10.0. The first kappa shape index (κ1) is 15.3. The fourth-order valence-corrected chi connectivity index (χ4v) is 2.19. The Labute approximate surface area is 125 Å². The fourth-order valence-electron chi connectivity index (χ4n) is 2.19.